The molecule has 1 aliphatic heterocycles. The van der Waals surface area contributed by atoms with Crippen LogP contribution in [-0.2, 0) is 6.42 Å². The molecule has 2 aliphatic rings. The molecule has 3 rings (SSSR count). The third-order valence-electron chi connectivity index (χ3n) is 4.27. The largest absolute Gasteiger partial charge is 0.388 e. The van der Waals surface area contributed by atoms with Gasteiger partial charge in [-0.05, 0) is 43.9 Å². The summed E-state index contributed by atoms with van der Waals surface area (Å²) in [6.45, 7) is 2.97. The van der Waals surface area contributed by atoms with Crippen LogP contribution in [0, 0.1) is 0 Å². The minimum absolute atomic E-state index is 0.462. The van der Waals surface area contributed by atoms with Crippen molar-refractivity contribution >= 4 is 23.2 Å². The molecule has 0 aromatic heterocycles. The molecule has 0 amide bonds. The molecule has 1 N–H and O–H groups in total. The van der Waals surface area contributed by atoms with Gasteiger partial charge in [0.15, 0.2) is 0 Å². The van der Waals surface area contributed by atoms with Crippen LogP contribution in [0.25, 0.3) is 0 Å². The summed E-state index contributed by atoms with van der Waals surface area (Å²) < 4.78 is 0. The van der Waals surface area contributed by atoms with Crippen molar-refractivity contribution in [3.05, 3.63) is 33.8 Å². The van der Waals surface area contributed by atoms with E-state index in [4.69, 9.17) is 23.2 Å². The summed E-state index contributed by atoms with van der Waals surface area (Å²) in [5.74, 6) is 0. The smallest absolute Gasteiger partial charge is 0.0829 e. The van der Waals surface area contributed by atoms with Crippen LogP contribution in [-0.4, -0.2) is 34.2 Å². The highest BCUT2D eigenvalue weighted by molar-refractivity contribution is 6.35. The molecule has 19 heavy (non-hydrogen) atoms. The summed E-state index contributed by atoms with van der Waals surface area (Å²) in [4.78, 5) is 2.45. The lowest BCUT2D eigenvalue weighted by molar-refractivity contribution is 0.0487. The molecule has 1 saturated heterocycles. The molecule has 1 aromatic carbocycles. The number of rotatable bonds is 3. The van der Waals surface area contributed by atoms with E-state index in [1.54, 1.807) is 6.07 Å². The molecule has 0 radical (unpaired) electrons. The lowest BCUT2D eigenvalue weighted by Crippen LogP contribution is -2.36. The minimum atomic E-state index is -0.653. The van der Waals surface area contributed by atoms with Gasteiger partial charge in [-0.25, -0.2) is 0 Å². The summed E-state index contributed by atoms with van der Waals surface area (Å²) >= 11 is 12.1. The lowest BCUT2D eigenvalue weighted by Gasteiger charge is -2.24. The van der Waals surface area contributed by atoms with Gasteiger partial charge in [0.05, 0.1) is 5.60 Å². The van der Waals surface area contributed by atoms with Crippen LogP contribution >= 0.6 is 23.2 Å². The summed E-state index contributed by atoms with van der Waals surface area (Å²) in [6.07, 6.45) is 3.99. The molecule has 1 heterocycles. The van der Waals surface area contributed by atoms with Gasteiger partial charge in [0, 0.05) is 35.1 Å². The molecule has 2 fully saturated rings. The first kappa shape index (κ1) is 13.7. The highest BCUT2D eigenvalue weighted by Crippen LogP contribution is 2.39. The average Bonchev–Trinajstić information content (AvgIpc) is 3.10. The van der Waals surface area contributed by atoms with Gasteiger partial charge in [-0.3, -0.25) is 4.90 Å². The van der Waals surface area contributed by atoms with Gasteiger partial charge in [0.1, 0.15) is 0 Å². The van der Waals surface area contributed by atoms with E-state index < -0.39 is 5.60 Å². The molecule has 1 saturated carbocycles. The number of likely N-dealkylation sites (tertiary alicyclic amines) is 1. The van der Waals surface area contributed by atoms with Crippen LogP contribution in [0.4, 0.5) is 0 Å². The fourth-order valence-corrected chi connectivity index (χ4v) is 3.75. The summed E-state index contributed by atoms with van der Waals surface area (Å²) in [5.41, 5.74) is 0.331. The molecule has 2 atom stereocenters. The Kier molecular flexibility index (Phi) is 3.55. The van der Waals surface area contributed by atoms with E-state index in [9.17, 15) is 5.11 Å². The first-order valence-electron chi connectivity index (χ1n) is 6.89. The first-order valence-corrected chi connectivity index (χ1v) is 7.64. The van der Waals surface area contributed by atoms with Gasteiger partial charge in [-0.15, -0.1) is 0 Å². The number of hydrogen-bond acceptors (Lipinski definition) is 2. The Morgan fingerprint density at radius 2 is 2.11 bits per heavy atom. The summed E-state index contributed by atoms with van der Waals surface area (Å²) in [6, 6.07) is 6.67. The van der Waals surface area contributed by atoms with Crippen LogP contribution in [0.15, 0.2) is 18.2 Å². The normalized spacial score (nSPS) is 31.9. The second-order valence-electron chi connectivity index (χ2n) is 6.09. The van der Waals surface area contributed by atoms with Gasteiger partial charge < -0.3 is 5.11 Å². The SMILES string of the molecule is CC1CC(O)(Cc2ccc(Cl)cc2Cl)CN1C1CC1. The average molecular weight is 300 g/mol. The van der Waals surface area contributed by atoms with Crippen molar-refractivity contribution in [2.75, 3.05) is 6.54 Å². The third kappa shape index (κ3) is 2.92. The van der Waals surface area contributed by atoms with Crippen molar-refractivity contribution in [1.29, 1.82) is 0 Å². The Bertz CT molecular complexity index is 489. The Hall–Kier alpha value is -0.280. The number of benzene rings is 1. The Morgan fingerprint density at radius 3 is 2.74 bits per heavy atom. The topological polar surface area (TPSA) is 23.5 Å². The van der Waals surface area contributed by atoms with Crippen molar-refractivity contribution in [3.8, 4) is 0 Å². The monoisotopic (exact) mass is 299 g/mol. The fraction of sp³-hybridized carbons (Fsp3) is 0.600. The first-order chi connectivity index (χ1) is 8.97. The van der Waals surface area contributed by atoms with E-state index in [1.807, 2.05) is 12.1 Å². The Labute approximate surface area is 124 Å². The van der Waals surface area contributed by atoms with Gasteiger partial charge in [0.2, 0.25) is 0 Å². The van der Waals surface area contributed by atoms with E-state index in [1.165, 1.54) is 12.8 Å². The molecular weight excluding hydrogens is 281 g/mol. The predicted octanol–water partition coefficient (Wildman–Crippen LogP) is 3.52. The standard InChI is InChI=1S/C15H19Cl2NO/c1-10-7-15(19,9-18(10)13-4-5-13)8-11-2-3-12(16)6-14(11)17/h2-3,6,10,13,19H,4-5,7-9H2,1H3. The van der Waals surface area contributed by atoms with Crippen molar-refractivity contribution < 1.29 is 5.11 Å². The predicted molar refractivity (Wildman–Crippen MR) is 78.9 cm³/mol. The maximum atomic E-state index is 10.8. The Morgan fingerprint density at radius 1 is 1.37 bits per heavy atom. The van der Waals surface area contributed by atoms with E-state index in [0.717, 1.165) is 18.5 Å². The molecule has 0 spiro atoms. The van der Waals surface area contributed by atoms with Crippen molar-refractivity contribution in [2.45, 2.75) is 50.3 Å². The van der Waals surface area contributed by atoms with Crippen molar-refractivity contribution in [1.82, 2.24) is 4.90 Å². The van der Waals surface area contributed by atoms with Crippen LogP contribution in [0.5, 0.6) is 0 Å². The zero-order valence-corrected chi connectivity index (χ0v) is 12.6. The lowest BCUT2D eigenvalue weighted by atomic mass is 9.92. The van der Waals surface area contributed by atoms with E-state index in [-0.39, 0.29) is 0 Å². The maximum Gasteiger partial charge on any atom is 0.0829 e. The van der Waals surface area contributed by atoms with E-state index in [2.05, 4.69) is 11.8 Å². The van der Waals surface area contributed by atoms with Gasteiger partial charge in [-0.1, -0.05) is 29.3 Å². The number of aliphatic hydroxyl groups is 1. The highest BCUT2D eigenvalue weighted by atomic mass is 35.5. The molecule has 4 heteroatoms. The summed E-state index contributed by atoms with van der Waals surface area (Å²) in [5, 5.41) is 12.1. The Balaban J connectivity index is 1.75. The number of nitrogens with zero attached hydrogens (tertiary/aromatic N) is 1. The molecule has 0 bridgehead atoms. The highest BCUT2D eigenvalue weighted by Gasteiger charge is 2.46. The second kappa shape index (κ2) is 4.92. The molecule has 1 aliphatic carbocycles. The molecule has 2 nitrogen and oxygen atoms in total. The third-order valence-corrected chi connectivity index (χ3v) is 4.86. The minimum Gasteiger partial charge on any atom is -0.388 e. The van der Waals surface area contributed by atoms with Crippen molar-refractivity contribution in [2.24, 2.45) is 0 Å². The van der Waals surface area contributed by atoms with E-state index >= 15 is 0 Å². The number of halogens is 2. The zero-order valence-electron chi connectivity index (χ0n) is 11.1. The van der Waals surface area contributed by atoms with E-state index in [0.29, 0.717) is 28.5 Å². The zero-order chi connectivity index (χ0) is 13.6. The van der Waals surface area contributed by atoms with Crippen LogP contribution < -0.4 is 0 Å². The molecule has 104 valence electrons. The van der Waals surface area contributed by atoms with Crippen LogP contribution in [0.1, 0.15) is 31.7 Å². The van der Waals surface area contributed by atoms with Gasteiger partial charge in [0.25, 0.3) is 0 Å². The fourth-order valence-electron chi connectivity index (χ4n) is 3.27. The van der Waals surface area contributed by atoms with Crippen LogP contribution in [0.2, 0.25) is 10.0 Å². The van der Waals surface area contributed by atoms with Gasteiger partial charge in [-0.2, -0.15) is 0 Å². The molecule has 1 aromatic rings. The molecular formula is C15H19Cl2NO. The summed E-state index contributed by atoms with van der Waals surface area (Å²) in [7, 11) is 0. The quantitative estimate of drug-likeness (QED) is 0.923. The second-order valence-corrected chi connectivity index (χ2v) is 6.94. The maximum absolute atomic E-state index is 10.8. The molecule has 2 unspecified atom stereocenters. The number of β-amino-alcohol motifs (C(OH)–C–C–N with tert-alkyl or cyclic N) is 1. The van der Waals surface area contributed by atoms with Crippen molar-refractivity contribution in [3.63, 3.8) is 0 Å². The van der Waals surface area contributed by atoms with Crippen LogP contribution in [0.3, 0.4) is 0 Å². The van der Waals surface area contributed by atoms with Gasteiger partial charge >= 0.3 is 0 Å². The number of hydrogen-bond donors (Lipinski definition) is 1.